The minimum Gasteiger partial charge on any atom is -1.00 e. The van der Waals surface area contributed by atoms with Gasteiger partial charge < -0.3 is 6.53 Å². The molecule has 2 rings (SSSR count). The third kappa shape index (κ3) is 3.06. The Morgan fingerprint density at radius 3 is 2.32 bits per heavy atom. The van der Waals surface area contributed by atoms with E-state index in [1.54, 1.807) is 24.3 Å². The third-order valence-corrected chi connectivity index (χ3v) is 2.91. The van der Waals surface area contributed by atoms with Gasteiger partial charge in [0.05, 0.1) is 0 Å². The van der Waals surface area contributed by atoms with Crippen molar-refractivity contribution >= 4 is 17.3 Å². The van der Waals surface area contributed by atoms with Crippen LogP contribution in [-0.4, -0.2) is 16.7 Å². The second kappa shape index (κ2) is 6.33. The number of allylic oxidation sites excluding steroid dienone is 3. The zero-order valence-electron chi connectivity index (χ0n) is 12.4. The van der Waals surface area contributed by atoms with E-state index in [2.05, 4.69) is 0 Å². The number of hydrogen-bond acceptors (Lipinski definition) is 3. The van der Waals surface area contributed by atoms with Gasteiger partial charge in [0.25, 0.3) is 0 Å². The van der Waals surface area contributed by atoms with Gasteiger partial charge in [0.2, 0.25) is 11.6 Å². The molecule has 1 aliphatic rings. The zero-order chi connectivity index (χ0) is 13.3. The molecule has 0 aliphatic heterocycles. The van der Waals surface area contributed by atoms with Crippen LogP contribution in [0.25, 0.3) is 5.76 Å². The largest absolute Gasteiger partial charge is 1.00 e. The first-order valence-corrected chi connectivity index (χ1v) is 5.76. The summed E-state index contributed by atoms with van der Waals surface area (Å²) >= 11 is 0. The molecule has 1 N–H and O–H groups in total. The normalized spacial score (nSPS) is 13.8. The van der Waals surface area contributed by atoms with Crippen molar-refractivity contribution in [3.63, 3.8) is 0 Å². The van der Waals surface area contributed by atoms with Gasteiger partial charge in [-0.2, -0.15) is 0 Å². The molecule has 4 heteroatoms. The summed E-state index contributed by atoms with van der Waals surface area (Å²) in [6, 6.07) is 6.62. The van der Waals surface area contributed by atoms with Crippen molar-refractivity contribution in [2.75, 3.05) is 0 Å². The van der Waals surface area contributed by atoms with Crippen molar-refractivity contribution in [1.29, 1.82) is 0 Å². The Kier molecular flexibility index (Phi) is 5.29. The van der Waals surface area contributed by atoms with E-state index < -0.39 is 11.6 Å². The van der Waals surface area contributed by atoms with Crippen LogP contribution in [0, 0.1) is 0 Å². The van der Waals surface area contributed by atoms with Gasteiger partial charge in [0.1, 0.15) is 5.76 Å². The van der Waals surface area contributed by atoms with Crippen LogP contribution in [0.5, 0.6) is 0 Å². The number of aliphatic hydroxyl groups excluding tert-OH is 1. The summed E-state index contributed by atoms with van der Waals surface area (Å²) in [4.78, 5) is 23.8. The Balaban J connectivity index is 0.00000180. The Bertz CT molecular complexity index is 599. The summed E-state index contributed by atoms with van der Waals surface area (Å²) in [6.45, 7) is 3.81. The summed E-state index contributed by atoms with van der Waals surface area (Å²) in [5.41, 5.74) is 1.94. The van der Waals surface area contributed by atoms with Crippen molar-refractivity contribution < 1.29 is 45.7 Å². The molecule has 0 atom stereocenters. The molecule has 0 unspecified atom stereocenters. The van der Waals surface area contributed by atoms with Gasteiger partial charge in [-0.3, -0.25) is 9.59 Å². The molecule has 0 saturated carbocycles. The maximum absolute atomic E-state index is 11.9. The van der Waals surface area contributed by atoms with E-state index in [0.717, 1.165) is 5.57 Å². The molecular weight excluding hydrogens is 251 g/mol. The van der Waals surface area contributed by atoms with Crippen LogP contribution >= 0.6 is 0 Å². The Morgan fingerprint density at radius 1 is 1.16 bits per heavy atom. The smallest absolute Gasteiger partial charge is 1.00 e. The van der Waals surface area contributed by atoms with E-state index in [1.165, 1.54) is 0 Å². The number of fused-ring (bicyclic) bond motifs is 1. The number of ketones is 2. The van der Waals surface area contributed by atoms with E-state index in [0.29, 0.717) is 5.56 Å². The molecule has 0 fully saturated rings. The number of rotatable bonds is 2. The number of Topliss-reactive ketones (excluding diaryl/α,β-unsaturated/α-hetero) is 2. The molecule has 1 aromatic carbocycles. The second-order valence-corrected chi connectivity index (χ2v) is 4.52. The van der Waals surface area contributed by atoms with Crippen molar-refractivity contribution in [2.24, 2.45) is 0 Å². The van der Waals surface area contributed by atoms with Crippen LogP contribution in [0.1, 0.15) is 37.6 Å². The van der Waals surface area contributed by atoms with E-state index in [9.17, 15) is 14.7 Å². The SMILES string of the molecule is CC(C)=CCC1=C(O)c2ccccc2C(=O)C1=O.[H-].[Na+]. The molecule has 0 aromatic heterocycles. The van der Waals surface area contributed by atoms with Crippen molar-refractivity contribution in [1.82, 2.24) is 0 Å². The van der Waals surface area contributed by atoms with E-state index in [1.807, 2.05) is 19.9 Å². The summed E-state index contributed by atoms with van der Waals surface area (Å²) in [6.07, 6.45) is 2.11. The third-order valence-electron chi connectivity index (χ3n) is 2.91. The summed E-state index contributed by atoms with van der Waals surface area (Å²) in [5.74, 6) is -1.23. The molecule has 0 heterocycles. The summed E-state index contributed by atoms with van der Waals surface area (Å²) in [7, 11) is 0. The van der Waals surface area contributed by atoms with Gasteiger partial charge in [0, 0.05) is 16.7 Å². The first-order valence-electron chi connectivity index (χ1n) is 5.76. The van der Waals surface area contributed by atoms with Crippen LogP contribution in [0.3, 0.4) is 0 Å². The van der Waals surface area contributed by atoms with Gasteiger partial charge in [0.15, 0.2) is 0 Å². The fraction of sp³-hybridized carbons (Fsp3) is 0.200. The first-order chi connectivity index (χ1) is 8.52. The molecule has 19 heavy (non-hydrogen) atoms. The van der Waals surface area contributed by atoms with Gasteiger partial charge in [-0.15, -0.1) is 0 Å². The summed E-state index contributed by atoms with van der Waals surface area (Å²) < 4.78 is 0. The van der Waals surface area contributed by atoms with Crippen LogP contribution < -0.4 is 29.6 Å². The molecule has 0 radical (unpaired) electrons. The van der Waals surface area contributed by atoms with Gasteiger partial charge in [-0.1, -0.05) is 35.9 Å². The topological polar surface area (TPSA) is 54.4 Å². The predicted molar refractivity (Wildman–Crippen MR) is 70.5 cm³/mol. The number of carbonyl (C=O) groups is 2. The fourth-order valence-corrected chi connectivity index (χ4v) is 1.91. The summed E-state index contributed by atoms with van der Waals surface area (Å²) in [5, 5.41) is 10.1. The molecule has 0 saturated heterocycles. The van der Waals surface area contributed by atoms with Crippen LogP contribution in [0.15, 0.2) is 41.5 Å². The monoisotopic (exact) mass is 266 g/mol. The van der Waals surface area contributed by atoms with Gasteiger partial charge >= 0.3 is 29.6 Å². The zero-order valence-corrected chi connectivity index (χ0v) is 13.4. The maximum atomic E-state index is 11.9. The standard InChI is InChI=1S/C15H14O3.Na.H/c1-9(2)7-8-12-13(16)10-5-3-4-6-11(10)14(17)15(12)18;;/h3-7,16H,8H2,1-2H3;;/q;+1;-1. The number of benzene rings is 1. The van der Waals surface area contributed by atoms with Gasteiger partial charge in [-0.05, 0) is 20.3 Å². The Hall–Kier alpha value is -1.16. The molecule has 1 aliphatic carbocycles. The van der Waals surface area contributed by atoms with E-state index in [4.69, 9.17) is 0 Å². The van der Waals surface area contributed by atoms with Crippen molar-refractivity contribution in [3.05, 3.63) is 52.6 Å². The van der Waals surface area contributed by atoms with Crippen molar-refractivity contribution in [3.8, 4) is 0 Å². The molecule has 0 amide bonds. The molecular formula is C15H15NaO3. The number of carbonyl (C=O) groups excluding carboxylic acids is 2. The second-order valence-electron chi connectivity index (χ2n) is 4.52. The van der Waals surface area contributed by atoms with Crippen LogP contribution in [0.4, 0.5) is 0 Å². The fourth-order valence-electron chi connectivity index (χ4n) is 1.91. The average Bonchev–Trinajstić information content (AvgIpc) is 2.36. The van der Waals surface area contributed by atoms with Crippen LogP contribution in [0.2, 0.25) is 0 Å². The predicted octanol–water partition coefficient (Wildman–Crippen LogP) is 0.194. The van der Waals surface area contributed by atoms with E-state index in [-0.39, 0.29) is 54.3 Å². The molecule has 0 spiro atoms. The molecule has 94 valence electrons. The van der Waals surface area contributed by atoms with Crippen molar-refractivity contribution in [2.45, 2.75) is 20.3 Å². The van der Waals surface area contributed by atoms with Crippen LogP contribution in [-0.2, 0) is 4.79 Å². The van der Waals surface area contributed by atoms with E-state index >= 15 is 0 Å². The Labute approximate surface area is 135 Å². The molecule has 1 aromatic rings. The maximum Gasteiger partial charge on any atom is 1.00 e. The minimum absolute atomic E-state index is 0. The average molecular weight is 266 g/mol. The quantitative estimate of drug-likeness (QED) is 0.472. The minimum atomic E-state index is -0.608. The molecule has 3 nitrogen and oxygen atoms in total. The first kappa shape index (κ1) is 15.9. The van der Waals surface area contributed by atoms with Gasteiger partial charge in [-0.25, -0.2) is 0 Å². The number of aliphatic hydroxyl groups is 1. The Morgan fingerprint density at radius 2 is 1.74 bits per heavy atom. The number of hydrogen-bond donors (Lipinski definition) is 1. The molecule has 0 bridgehead atoms.